The van der Waals surface area contributed by atoms with Crippen LogP contribution in [-0.2, 0) is 14.3 Å². The van der Waals surface area contributed by atoms with Crippen LogP contribution >= 0.6 is 0 Å². The minimum atomic E-state index is -0.552. The number of hydrogen-bond acceptors (Lipinski definition) is 4. The number of methoxy groups -OCH3 is 2. The number of aryl methyl sites for hydroxylation is 2. The molecule has 1 aliphatic heterocycles. The number of hydrogen-bond donors (Lipinski definition) is 0. The summed E-state index contributed by atoms with van der Waals surface area (Å²) in [5.41, 5.74) is 3.00. The lowest BCUT2D eigenvalue weighted by Crippen LogP contribution is -2.38. The molecule has 1 heterocycles. The average molecular weight is 263 g/mol. The van der Waals surface area contributed by atoms with E-state index in [0.717, 1.165) is 11.1 Å². The van der Waals surface area contributed by atoms with Crippen molar-refractivity contribution in [3.63, 3.8) is 0 Å². The highest BCUT2D eigenvalue weighted by Crippen LogP contribution is 2.33. The second-order valence-electron chi connectivity index (χ2n) is 4.62. The highest BCUT2D eigenvalue weighted by molar-refractivity contribution is 6.52. The van der Waals surface area contributed by atoms with Crippen LogP contribution in [0.1, 0.15) is 21.5 Å². The molecule has 0 bridgehead atoms. The van der Waals surface area contributed by atoms with Gasteiger partial charge in [-0.2, -0.15) is 0 Å². The molecule has 0 spiro atoms. The summed E-state index contributed by atoms with van der Waals surface area (Å²) < 4.78 is 10.2. The van der Waals surface area contributed by atoms with Gasteiger partial charge in [-0.3, -0.25) is 14.5 Å². The van der Waals surface area contributed by atoms with Gasteiger partial charge in [0.1, 0.15) is 0 Å². The van der Waals surface area contributed by atoms with Crippen LogP contribution in [0.2, 0.25) is 0 Å². The fourth-order valence-electron chi connectivity index (χ4n) is 2.40. The van der Waals surface area contributed by atoms with Gasteiger partial charge in [0, 0.05) is 14.2 Å². The maximum Gasteiger partial charge on any atom is 0.299 e. The Morgan fingerprint density at radius 2 is 1.79 bits per heavy atom. The lowest BCUT2D eigenvalue weighted by atomic mass is 10.0. The van der Waals surface area contributed by atoms with E-state index < -0.39 is 18.0 Å². The molecule has 19 heavy (non-hydrogen) atoms. The number of Topliss-reactive ketones (excluding diaryl/α,β-unsaturated/α-hetero) is 1. The quantitative estimate of drug-likeness (QED) is 0.609. The van der Waals surface area contributed by atoms with E-state index in [0.29, 0.717) is 11.3 Å². The van der Waals surface area contributed by atoms with E-state index in [1.54, 1.807) is 6.07 Å². The van der Waals surface area contributed by atoms with Crippen LogP contribution in [-0.4, -0.2) is 38.7 Å². The number of anilines is 1. The maximum absolute atomic E-state index is 12.1. The summed E-state index contributed by atoms with van der Waals surface area (Å²) in [5, 5.41) is 0. The number of carbonyl (C=O) groups excluding carboxylic acids is 2. The van der Waals surface area contributed by atoms with Crippen molar-refractivity contribution >= 4 is 17.4 Å². The molecule has 2 rings (SSSR count). The Labute approximate surface area is 112 Å². The fraction of sp³-hybridized carbons (Fsp3) is 0.429. The van der Waals surface area contributed by atoms with E-state index in [4.69, 9.17) is 9.47 Å². The molecule has 5 heteroatoms. The van der Waals surface area contributed by atoms with E-state index in [1.807, 2.05) is 19.9 Å². The SMILES string of the molecule is COC(CN1C(=O)C(=O)c2cc(C)cc(C)c21)OC. The molecule has 1 aromatic rings. The Balaban J connectivity index is 2.44. The van der Waals surface area contributed by atoms with Crippen molar-refractivity contribution in [1.82, 2.24) is 0 Å². The van der Waals surface area contributed by atoms with Gasteiger partial charge in [0.05, 0.1) is 17.8 Å². The molecular formula is C14H17NO4. The molecule has 1 aromatic carbocycles. The summed E-state index contributed by atoms with van der Waals surface area (Å²) in [4.78, 5) is 25.5. The summed E-state index contributed by atoms with van der Waals surface area (Å²) >= 11 is 0. The van der Waals surface area contributed by atoms with Gasteiger partial charge in [0.15, 0.2) is 6.29 Å². The first kappa shape index (κ1) is 13.7. The van der Waals surface area contributed by atoms with Crippen molar-refractivity contribution in [2.75, 3.05) is 25.7 Å². The minimum absolute atomic E-state index is 0.203. The Hall–Kier alpha value is -1.72. The third kappa shape index (κ3) is 2.27. The van der Waals surface area contributed by atoms with Crippen molar-refractivity contribution in [3.8, 4) is 0 Å². The zero-order valence-electron chi connectivity index (χ0n) is 11.5. The lowest BCUT2D eigenvalue weighted by molar-refractivity contribution is -0.119. The third-order valence-corrected chi connectivity index (χ3v) is 3.26. The molecule has 0 aromatic heterocycles. The fourth-order valence-corrected chi connectivity index (χ4v) is 2.40. The smallest absolute Gasteiger partial charge is 0.299 e. The van der Waals surface area contributed by atoms with E-state index >= 15 is 0 Å². The summed E-state index contributed by atoms with van der Waals surface area (Å²) in [6, 6.07) is 3.70. The summed E-state index contributed by atoms with van der Waals surface area (Å²) in [7, 11) is 3.00. The van der Waals surface area contributed by atoms with E-state index in [9.17, 15) is 9.59 Å². The first-order valence-corrected chi connectivity index (χ1v) is 6.02. The summed E-state index contributed by atoms with van der Waals surface area (Å²) in [6.07, 6.45) is -0.552. The topological polar surface area (TPSA) is 55.8 Å². The van der Waals surface area contributed by atoms with E-state index in [2.05, 4.69) is 0 Å². The van der Waals surface area contributed by atoms with Gasteiger partial charge in [-0.05, 0) is 31.0 Å². The van der Waals surface area contributed by atoms with Crippen molar-refractivity contribution in [2.45, 2.75) is 20.1 Å². The predicted octanol–water partition coefficient (Wildman–Crippen LogP) is 1.45. The molecule has 0 radical (unpaired) electrons. The Morgan fingerprint density at radius 1 is 1.16 bits per heavy atom. The second kappa shape index (κ2) is 5.11. The molecule has 5 nitrogen and oxygen atoms in total. The van der Waals surface area contributed by atoms with Crippen LogP contribution in [0.15, 0.2) is 12.1 Å². The van der Waals surface area contributed by atoms with Gasteiger partial charge >= 0.3 is 0 Å². The number of amides is 1. The van der Waals surface area contributed by atoms with Crippen LogP contribution in [0.4, 0.5) is 5.69 Å². The van der Waals surface area contributed by atoms with Crippen LogP contribution < -0.4 is 4.90 Å². The van der Waals surface area contributed by atoms with Crippen molar-refractivity contribution in [1.29, 1.82) is 0 Å². The van der Waals surface area contributed by atoms with Gasteiger partial charge in [-0.15, -0.1) is 0 Å². The normalized spacial score (nSPS) is 14.5. The molecule has 0 saturated carbocycles. The van der Waals surface area contributed by atoms with Gasteiger partial charge in [-0.1, -0.05) is 6.07 Å². The van der Waals surface area contributed by atoms with Crippen molar-refractivity contribution < 1.29 is 19.1 Å². The first-order chi connectivity index (χ1) is 8.99. The largest absolute Gasteiger partial charge is 0.354 e. The standard InChI is InChI=1S/C14H17NO4/c1-8-5-9(2)12-10(6-8)13(16)14(17)15(12)7-11(18-3)19-4/h5-6,11H,7H2,1-4H3. The third-order valence-electron chi connectivity index (χ3n) is 3.26. The molecule has 0 N–H and O–H groups in total. The van der Waals surface area contributed by atoms with E-state index in [1.165, 1.54) is 19.1 Å². The van der Waals surface area contributed by atoms with Crippen molar-refractivity contribution in [3.05, 3.63) is 28.8 Å². The Kier molecular flexibility index (Phi) is 3.68. The van der Waals surface area contributed by atoms with Crippen LogP contribution in [0.3, 0.4) is 0 Å². The summed E-state index contributed by atoms with van der Waals surface area (Å²) in [6.45, 7) is 3.99. The molecule has 0 saturated heterocycles. The number of ether oxygens (including phenoxy) is 2. The monoisotopic (exact) mass is 263 g/mol. The van der Waals surface area contributed by atoms with Gasteiger partial charge < -0.3 is 9.47 Å². The lowest BCUT2D eigenvalue weighted by Gasteiger charge is -2.23. The highest BCUT2D eigenvalue weighted by Gasteiger charge is 2.38. The number of rotatable bonds is 4. The molecular weight excluding hydrogens is 246 g/mol. The zero-order valence-corrected chi connectivity index (χ0v) is 11.5. The molecule has 0 atom stereocenters. The first-order valence-electron chi connectivity index (χ1n) is 6.02. The molecule has 1 aliphatic rings. The molecule has 102 valence electrons. The average Bonchev–Trinajstić information content (AvgIpc) is 2.61. The number of ketones is 1. The minimum Gasteiger partial charge on any atom is -0.354 e. The Bertz CT molecular complexity index is 534. The summed E-state index contributed by atoms with van der Waals surface area (Å²) in [5.74, 6) is -0.990. The van der Waals surface area contributed by atoms with Crippen LogP contribution in [0.5, 0.6) is 0 Å². The zero-order chi connectivity index (χ0) is 14.2. The van der Waals surface area contributed by atoms with Crippen LogP contribution in [0, 0.1) is 13.8 Å². The number of fused-ring (bicyclic) bond motifs is 1. The van der Waals surface area contributed by atoms with Gasteiger partial charge in [-0.25, -0.2) is 0 Å². The van der Waals surface area contributed by atoms with Crippen LogP contribution in [0.25, 0.3) is 0 Å². The maximum atomic E-state index is 12.1. The highest BCUT2D eigenvalue weighted by atomic mass is 16.7. The van der Waals surface area contributed by atoms with Crippen molar-refractivity contribution in [2.24, 2.45) is 0 Å². The molecule has 0 unspecified atom stereocenters. The van der Waals surface area contributed by atoms with Gasteiger partial charge in [0.2, 0.25) is 0 Å². The molecule has 0 fully saturated rings. The predicted molar refractivity (Wildman–Crippen MR) is 70.4 cm³/mol. The molecule has 1 amide bonds. The number of nitrogens with zero attached hydrogens (tertiary/aromatic N) is 1. The van der Waals surface area contributed by atoms with Gasteiger partial charge in [0.25, 0.3) is 11.7 Å². The Morgan fingerprint density at radius 3 is 2.37 bits per heavy atom. The molecule has 0 aliphatic carbocycles. The number of benzene rings is 1. The number of carbonyl (C=O) groups is 2. The second-order valence-corrected chi connectivity index (χ2v) is 4.62. The van der Waals surface area contributed by atoms with E-state index in [-0.39, 0.29) is 6.54 Å².